The zero-order valence-electron chi connectivity index (χ0n) is 37.0. The Hall–Kier alpha value is -3.14. The number of carboxylic acid groups (broad SMARTS) is 2. The van der Waals surface area contributed by atoms with E-state index >= 15 is 0 Å². The molecular formula is C45H75NO8. The molecule has 1 saturated heterocycles. The fraction of sp³-hybridized carbons (Fsp3) is 0.689. The molecule has 1 heterocycles. The molecule has 0 saturated carbocycles. The van der Waals surface area contributed by atoms with E-state index in [4.69, 9.17) is 0 Å². The number of carbonyl (C=O) groups is 2. The predicted molar refractivity (Wildman–Crippen MR) is 220 cm³/mol. The second kappa shape index (κ2) is 16.9. The third-order valence-electron chi connectivity index (χ3n) is 10.4. The van der Waals surface area contributed by atoms with Gasteiger partial charge in [0.2, 0.25) is 0 Å². The molecule has 9 heteroatoms. The van der Waals surface area contributed by atoms with Crippen molar-refractivity contribution in [1.29, 1.82) is 0 Å². The average Bonchev–Trinajstić information content (AvgIpc) is 2.92. The minimum atomic E-state index is -0.851. The Labute approximate surface area is 326 Å². The summed E-state index contributed by atoms with van der Waals surface area (Å²) in [6.45, 7) is 37.6. The molecule has 308 valence electrons. The largest absolute Gasteiger partial charge is 0.507 e. The first kappa shape index (κ1) is 48.9. The van der Waals surface area contributed by atoms with Gasteiger partial charge in [-0.15, -0.1) is 0 Å². The first-order chi connectivity index (χ1) is 23.9. The summed E-state index contributed by atoms with van der Waals surface area (Å²) in [6, 6.07) is 7.29. The maximum Gasteiger partial charge on any atom is 0.310 e. The lowest BCUT2D eigenvalue weighted by Crippen LogP contribution is -2.64. The summed E-state index contributed by atoms with van der Waals surface area (Å²) in [5.41, 5.74) is 3.44. The second-order valence-corrected chi connectivity index (χ2v) is 20.7. The van der Waals surface area contributed by atoms with E-state index in [1.165, 1.54) is 0 Å². The molecule has 9 nitrogen and oxygen atoms in total. The molecule has 1 fully saturated rings. The maximum atomic E-state index is 11.2. The Morgan fingerprint density at radius 1 is 0.593 bits per heavy atom. The third-order valence-corrected chi connectivity index (χ3v) is 10.4. The number of benzene rings is 2. The number of rotatable bonds is 5. The molecule has 0 bridgehead atoms. The summed E-state index contributed by atoms with van der Waals surface area (Å²) >= 11 is 0. The monoisotopic (exact) mass is 758 g/mol. The standard InChI is InChI=1S/2C17H26O3.C11H23NO2/c2*1-10(15(19)20)11-8-12(16(2,3)4)14(18)13(9-11)17(5,6)7;1-8(13)12-10(2,3)6-9(14)7-11(12,4)5/h2*8-10,18H,1-7H3,(H,19,20);8-9,13-14H,6-7H2,1-5H3. The summed E-state index contributed by atoms with van der Waals surface area (Å²) in [5, 5.41) is 59.1. The zero-order valence-corrected chi connectivity index (χ0v) is 37.0. The highest BCUT2D eigenvalue weighted by atomic mass is 16.4. The lowest BCUT2D eigenvalue weighted by molar-refractivity contribution is -0.155. The molecule has 3 atom stereocenters. The van der Waals surface area contributed by atoms with Gasteiger partial charge in [0.05, 0.1) is 17.9 Å². The van der Waals surface area contributed by atoms with Gasteiger partial charge in [-0.25, -0.2) is 0 Å². The van der Waals surface area contributed by atoms with Crippen LogP contribution in [0.2, 0.25) is 0 Å². The van der Waals surface area contributed by atoms with Gasteiger partial charge in [-0.1, -0.05) is 107 Å². The number of aromatic hydroxyl groups is 2. The van der Waals surface area contributed by atoms with Crippen LogP contribution in [0.15, 0.2) is 24.3 Å². The Morgan fingerprint density at radius 2 is 0.815 bits per heavy atom. The zero-order chi connectivity index (χ0) is 42.9. The number of phenols is 2. The number of aliphatic carboxylic acids is 2. The molecule has 54 heavy (non-hydrogen) atoms. The van der Waals surface area contributed by atoms with Crippen molar-refractivity contribution in [3.63, 3.8) is 0 Å². The van der Waals surface area contributed by atoms with Crippen LogP contribution in [0.3, 0.4) is 0 Å². The smallest absolute Gasteiger partial charge is 0.310 e. The molecular weight excluding hydrogens is 682 g/mol. The number of nitrogens with zero attached hydrogens (tertiary/aromatic N) is 1. The Kier molecular flexibility index (Phi) is 15.3. The number of carboxylic acids is 2. The predicted octanol–water partition coefficient (Wildman–Crippen LogP) is 9.69. The molecule has 1 aliphatic rings. The highest BCUT2D eigenvalue weighted by molar-refractivity contribution is 5.76. The average molecular weight is 758 g/mol. The van der Waals surface area contributed by atoms with Crippen LogP contribution in [0.1, 0.15) is 190 Å². The van der Waals surface area contributed by atoms with E-state index in [0.717, 1.165) is 46.2 Å². The molecule has 3 unspecified atom stereocenters. The summed E-state index contributed by atoms with van der Waals surface area (Å²) in [5.74, 6) is -2.31. The first-order valence-electron chi connectivity index (χ1n) is 19.2. The van der Waals surface area contributed by atoms with Gasteiger partial charge in [0.25, 0.3) is 0 Å². The van der Waals surface area contributed by atoms with E-state index < -0.39 is 30.0 Å². The van der Waals surface area contributed by atoms with E-state index in [2.05, 4.69) is 32.6 Å². The van der Waals surface area contributed by atoms with Crippen molar-refractivity contribution in [2.45, 2.75) is 201 Å². The number of aliphatic hydroxyl groups excluding tert-OH is 2. The topological polar surface area (TPSA) is 159 Å². The van der Waals surface area contributed by atoms with Crippen molar-refractivity contribution in [1.82, 2.24) is 4.90 Å². The van der Waals surface area contributed by atoms with Crippen LogP contribution in [0, 0.1) is 0 Å². The van der Waals surface area contributed by atoms with Crippen LogP contribution in [-0.2, 0) is 31.2 Å². The van der Waals surface area contributed by atoms with Crippen LogP contribution in [-0.4, -0.2) is 70.9 Å². The van der Waals surface area contributed by atoms with Crippen LogP contribution < -0.4 is 0 Å². The molecule has 0 aromatic heterocycles. The van der Waals surface area contributed by atoms with Crippen molar-refractivity contribution in [3.8, 4) is 11.5 Å². The van der Waals surface area contributed by atoms with Gasteiger partial charge < -0.3 is 30.6 Å². The fourth-order valence-electron chi connectivity index (χ4n) is 7.64. The Bertz CT molecular complexity index is 1420. The van der Waals surface area contributed by atoms with Crippen molar-refractivity contribution in [3.05, 3.63) is 57.6 Å². The molecule has 0 spiro atoms. The number of likely N-dealkylation sites (tertiary alicyclic amines) is 1. The van der Waals surface area contributed by atoms with Gasteiger partial charge in [0, 0.05) is 11.1 Å². The van der Waals surface area contributed by atoms with Crippen molar-refractivity contribution in [2.24, 2.45) is 0 Å². The normalized spacial score (nSPS) is 18.3. The highest BCUT2D eigenvalue weighted by Gasteiger charge is 2.46. The van der Waals surface area contributed by atoms with E-state index in [9.17, 15) is 40.2 Å². The van der Waals surface area contributed by atoms with Gasteiger partial charge in [0.15, 0.2) is 0 Å². The second-order valence-electron chi connectivity index (χ2n) is 20.7. The van der Waals surface area contributed by atoms with Gasteiger partial charge in [-0.3, -0.25) is 14.5 Å². The summed E-state index contributed by atoms with van der Waals surface area (Å²) in [4.78, 5) is 24.6. The van der Waals surface area contributed by atoms with E-state index in [1.54, 1.807) is 20.8 Å². The van der Waals surface area contributed by atoms with E-state index in [-0.39, 0.29) is 50.3 Å². The fourth-order valence-corrected chi connectivity index (χ4v) is 7.64. The molecule has 0 radical (unpaired) electrons. The number of hydrogen-bond acceptors (Lipinski definition) is 7. The minimum Gasteiger partial charge on any atom is -0.507 e. The molecule has 6 N–H and O–H groups in total. The van der Waals surface area contributed by atoms with Crippen molar-refractivity contribution < 1.29 is 40.2 Å². The molecule has 1 aliphatic heterocycles. The number of hydrogen-bond donors (Lipinski definition) is 6. The van der Waals surface area contributed by atoms with E-state index in [0.29, 0.717) is 0 Å². The Balaban J connectivity index is 0.000000412. The van der Waals surface area contributed by atoms with Gasteiger partial charge in [-0.05, 0) is 116 Å². The van der Waals surface area contributed by atoms with Crippen LogP contribution >= 0.6 is 0 Å². The minimum absolute atomic E-state index is 0.144. The van der Waals surface area contributed by atoms with Gasteiger partial charge in [-0.2, -0.15) is 0 Å². The lowest BCUT2D eigenvalue weighted by Gasteiger charge is -2.55. The maximum absolute atomic E-state index is 11.2. The number of piperidine rings is 1. The van der Waals surface area contributed by atoms with Gasteiger partial charge >= 0.3 is 11.9 Å². The number of phenolic OH excluding ortho intramolecular Hbond substituents is 2. The summed E-state index contributed by atoms with van der Waals surface area (Å²) in [7, 11) is 0. The van der Waals surface area contributed by atoms with Gasteiger partial charge in [0.1, 0.15) is 17.7 Å². The molecule has 2 aromatic rings. The summed E-state index contributed by atoms with van der Waals surface area (Å²) in [6.07, 6.45) is 0.727. The van der Waals surface area contributed by atoms with Crippen LogP contribution in [0.4, 0.5) is 0 Å². The van der Waals surface area contributed by atoms with Crippen LogP contribution in [0.5, 0.6) is 11.5 Å². The molecule has 2 aromatic carbocycles. The van der Waals surface area contributed by atoms with E-state index in [1.807, 2.05) is 107 Å². The highest BCUT2D eigenvalue weighted by Crippen LogP contribution is 2.43. The molecule has 3 rings (SSSR count). The Morgan fingerprint density at radius 3 is 0.981 bits per heavy atom. The van der Waals surface area contributed by atoms with Crippen molar-refractivity contribution in [2.75, 3.05) is 0 Å². The number of aliphatic hydroxyl groups is 2. The lowest BCUT2D eigenvalue weighted by atomic mass is 9.77. The molecule has 0 amide bonds. The molecule has 0 aliphatic carbocycles. The first-order valence-corrected chi connectivity index (χ1v) is 19.2. The third kappa shape index (κ3) is 12.4. The summed E-state index contributed by atoms with van der Waals surface area (Å²) < 4.78 is 0. The van der Waals surface area contributed by atoms with Crippen LogP contribution in [0.25, 0.3) is 0 Å². The quantitative estimate of drug-likeness (QED) is 0.175. The van der Waals surface area contributed by atoms with Crippen molar-refractivity contribution >= 4 is 11.9 Å². The SMILES string of the molecule is CC(C(=O)O)c1cc(C(C)(C)C)c(O)c(C(C)(C)C)c1.CC(C(=O)O)c1cc(C(C)(C)C)c(O)c(C(C)(C)C)c1.CC(O)N1C(C)(C)CC(O)CC1(C)C.